The standard InChI is InChI=1S/C23H25FN2O/c1-17(2)26(23(27)20-10-12-21(24)13-11-20)16-22-5-4-14-25(22)15-19-8-6-18(3)7-9-19/h4-14,17H,15-16H2,1-3H3. The van der Waals surface area contributed by atoms with E-state index in [9.17, 15) is 9.18 Å². The quantitative estimate of drug-likeness (QED) is 0.602. The van der Waals surface area contributed by atoms with Crippen LogP contribution in [0, 0.1) is 12.7 Å². The molecule has 0 aliphatic carbocycles. The third kappa shape index (κ3) is 4.64. The third-order valence-electron chi connectivity index (χ3n) is 4.70. The van der Waals surface area contributed by atoms with Gasteiger partial charge in [-0.2, -0.15) is 0 Å². The zero-order chi connectivity index (χ0) is 19.4. The summed E-state index contributed by atoms with van der Waals surface area (Å²) in [6, 6.07) is 18.3. The fourth-order valence-electron chi connectivity index (χ4n) is 3.06. The highest BCUT2D eigenvalue weighted by atomic mass is 19.1. The van der Waals surface area contributed by atoms with E-state index >= 15 is 0 Å². The van der Waals surface area contributed by atoms with Crippen molar-refractivity contribution in [1.29, 1.82) is 0 Å². The minimum atomic E-state index is -0.338. The molecule has 0 fully saturated rings. The number of halogens is 1. The van der Waals surface area contributed by atoms with E-state index in [0.29, 0.717) is 12.1 Å². The molecule has 3 nitrogen and oxygen atoms in total. The maximum absolute atomic E-state index is 13.2. The summed E-state index contributed by atoms with van der Waals surface area (Å²) >= 11 is 0. The summed E-state index contributed by atoms with van der Waals surface area (Å²) in [6.07, 6.45) is 2.04. The molecule has 0 bridgehead atoms. The number of rotatable bonds is 6. The summed E-state index contributed by atoms with van der Waals surface area (Å²) in [6.45, 7) is 7.34. The van der Waals surface area contributed by atoms with Gasteiger partial charge >= 0.3 is 0 Å². The number of carbonyl (C=O) groups is 1. The van der Waals surface area contributed by atoms with Crippen LogP contribution in [0.5, 0.6) is 0 Å². The van der Waals surface area contributed by atoms with E-state index in [-0.39, 0.29) is 17.8 Å². The van der Waals surface area contributed by atoms with Gasteiger partial charge in [0.2, 0.25) is 0 Å². The first-order valence-electron chi connectivity index (χ1n) is 9.20. The summed E-state index contributed by atoms with van der Waals surface area (Å²) in [4.78, 5) is 14.7. The largest absolute Gasteiger partial charge is 0.345 e. The number of nitrogens with zero attached hydrogens (tertiary/aromatic N) is 2. The lowest BCUT2D eigenvalue weighted by molar-refractivity contribution is 0.0686. The Bertz CT molecular complexity index is 895. The fraction of sp³-hybridized carbons (Fsp3) is 0.261. The minimum Gasteiger partial charge on any atom is -0.345 e. The van der Waals surface area contributed by atoms with E-state index in [0.717, 1.165) is 12.2 Å². The molecule has 0 spiro atoms. The highest BCUT2D eigenvalue weighted by Gasteiger charge is 2.20. The molecular formula is C23H25FN2O. The number of aryl methyl sites for hydroxylation is 1. The van der Waals surface area contributed by atoms with Gasteiger partial charge in [0.05, 0.1) is 6.54 Å². The van der Waals surface area contributed by atoms with Gasteiger partial charge in [-0.3, -0.25) is 4.79 Å². The van der Waals surface area contributed by atoms with Crippen molar-refractivity contribution in [3.05, 3.63) is 95.1 Å². The molecule has 1 heterocycles. The molecule has 3 aromatic rings. The Morgan fingerprint density at radius 1 is 1.04 bits per heavy atom. The second-order valence-corrected chi connectivity index (χ2v) is 7.15. The van der Waals surface area contributed by atoms with Crippen molar-refractivity contribution in [3.63, 3.8) is 0 Å². The van der Waals surface area contributed by atoms with Gasteiger partial charge in [0.15, 0.2) is 0 Å². The Kier molecular flexibility index (Phi) is 5.75. The molecule has 2 aromatic carbocycles. The van der Waals surface area contributed by atoms with Crippen LogP contribution in [0.1, 0.15) is 41.0 Å². The Morgan fingerprint density at radius 2 is 1.70 bits per heavy atom. The minimum absolute atomic E-state index is 0.0327. The van der Waals surface area contributed by atoms with E-state index in [1.165, 1.54) is 23.3 Å². The SMILES string of the molecule is Cc1ccc(Cn2cccc2CN(C(=O)c2ccc(F)cc2)C(C)C)cc1. The van der Waals surface area contributed by atoms with Crippen LogP contribution >= 0.6 is 0 Å². The normalized spacial score (nSPS) is 11.0. The average Bonchev–Trinajstić information content (AvgIpc) is 3.08. The third-order valence-corrected chi connectivity index (χ3v) is 4.70. The van der Waals surface area contributed by atoms with Crippen molar-refractivity contribution in [2.75, 3.05) is 0 Å². The molecule has 27 heavy (non-hydrogen) atoms. The smallest absolute Gasteiger partial charge is 0.254 e. The van der Waals surface area contributed by atoms with E-state index < -0.39 is 0 Å². The van der Waals surface area contributed by atoms with Crippen LogP contribution in [-0.4, -0.2) is 21.4 Å². The van der Waals surface area contributed by atoms with Crippen LogP contribution in [0.25, 0.3) is 0 Å². The second-order valence-electron chi connectivity index (χ2n) is 7.15. The molecule has 0 saturated heterocycles. The topological polar surface area (TPSA) is 25.2 Å². The molecule has 0 atom stereocenters. The van der Waals surface area contributed by atoms with E-state index in [2.05, 4.69) is 35.8 Å². The molecular weight excluding hydrogens is 339 g/mol. The number of hydrogen-bond acceptors (Lipinski definition) is 1. The number of hydrogen-bond donors (Lipinski definition) is 0. The van der Waals surface area contributed by atoms with Gasteiger partial charge in [0.1, 0.15) is 5.82 Å². The summed E-state index contributed by atoms with van der Waals surface area (Å²) in [5.74, 6) is -0.428. The number of carbonyl (C=O) groups excluding carboxylic acids is 1. The van der Waals surface area contributed by atoms with E-state index in [1.807, 2.05) is 37.1 Å². The van der Waals surface area contributed by atoms with Crippen LogP contribution in [0.15, 0.2) is 66.9 Å². The molecule has 4 heteroatoms. The van der Waals surface area contributed by atoms with Crippen LogP contribution in [0.3, 0.4) is 0 Å². The van der Waals surface area contributed by atoms with Gasteiger partial charge in [-0.1, -0.05) is 29.8 Å². The van der Waals surface area contributed by atoms with E-state index in [1.54, 1.807) is 12.1 Å². The molecule has 140 valence electrons. The summed E-state index contributed by atoms with van der Waals surface area (Å²) in [7, 11) is 0. The lowest BCUT2D eigenvalue weighted by atomic mass is 10.1. The monoisotopic (exact) mass is 364 g/mol. The lowest BCUT2D eigenvalue weighted by Gasteiger charge is -2.27. The molecule has 0 N–H and O–H groups in total. The Labute approximate surface area is 160 Å². The highest BCUT2D eigenvalue weighted by molar-refractivity contribution is 5.94. The maximum atomic E-state index is 13.2. The number of benzene rings is 2. The predicted molar refractivity (Wildman–Crippen MR) is 106 cm³/mol. The van der Waals surface area contributed by atoms with Gasteiger partial charge in [-0.05, 0) is 62.7 Å². The van der Waals surface area contributed by atoms with Crippen LogP contribution in [-0.2, 0) is 13.1 Å². The molecule has 0 saturated carbocycles. The van der Waals surface area contributed by atoms with Gasteiger partial charge in [0.25, 0.3) is 5.91 Å². The van der Waals surface area contributed by atoms with Crippen LogP contribution in [0.2, 0.25) is 0 Å². The molecule has 3 rings (SSSR count). The van der Waals surface area contributed by atoms with E-state index in [4.69, 9.17) is 0 Å². The number of amides is 1. The predicted octanol–water partition coefficient (Wildman–Crippen LogP) is 5.03. The van der Waals surface area contributed by atoms with Crippen molar-refractivity contribution in [2.45, 2.75) is 39.9 Å². The molecule has 0 radical (unpaired) electrons. The molecule has 0 unspecified atom stereocenters. The van der Waals surface area contributed by atoms with Crippen LogP contribution in [0.4, 0.5) is 4.39 Å². The van der Waals surface area contributed by atoms with Gasteiger partial charge < -0.3 is 9.47 Å². The van der Waals surface area contributed by atoms with Crippen molar-refractivity contribution < 1.29 is 9.18 Å². The summed E-state index contributed by atoms with van der Waals surface area (Å²) in [5, 5.41) is 0. The number of aromatic nitrogens is 1. The van der Waals surface area contributed by atoms with Crippen molar-refractivity contribution in [1.82, 2.24) is 9.47 Å². The Morgan fingerprint density at radius 3 is 2.33 bits per heavy atom. The van der Waals surface area contributed by atoms with Gasteiger partial charge in [0, 0.05) is 30.0 Å². The summed E-state index contributed by atoms with van der Waals surface area (Å²) in [5.41, 5.74) is 4.03. The first-order valence-corrected chi connectivity index (χ1v) is 9.20. The highest BCUT2D eigenvalue weighted by Crippen LogP contribution is 2.16. The average molecular weight is 364 g/mol. The fourth-order valence-corrected chi connectivity index (χ4v) is 3.06. The molecule has 1 amide bonds. The second kappa shape index (κ2) is 8.21. The van der Waals surface area contributed by atoms with Crippen molar-refractivity contribution in [2.24, 2.45) is 0 Å². The first-order chi connectivity index (χ1) is 12.9. The lowest BCUT2D eigenvalue weighted by Crippen LogP contribution is -2.37. The van der Waals surface area contributed by atoms with Crippen molar-refractivity contribution in [3.8, 4) is 0 Å². The molecule has 1 aromatic heterocycles. The first kappa shape index (κ1) is 18.9. The molecule has 0 aliphatic heterocycles. The zero-order valence-electron chi connectivity index (χ0n) is 16.0. The zero-order valence-corrected chi connectivity index (χ0v) is 16.0. The Hall–Kier alpha value is -2.88. The maximum Gasteiger partial charge on any atom is 0.254 e. The van der Waals surface area contributed by atoms with Crippen molar-refractivity contribution >= 4 is 5.91 Å². The van der Waals surface area contributed by atoms with Gasteiger partial charge in [-0.25, -0.2) is 4.39 Å². The Balaban J connectivity index is 1.79. The van der Waals surface area contributed by atoms with Gasteiger partial charge in [-0.15, -0.1) is 0 Å². The molecule has 0 aliphatic rings. The van der Waals surface area contributed by atoms with Crippen LogP contribution < -0.4 is 0 Å². The summed E-state index contributed by atoms with van der Waals surface area (Å²) < 4.78 is 15.3.